The molecule has 0 radical (unpaired) electrons. The second-order valence-electron chi connectivity index (χ2n) is 6.15. The molecule has 0 saturated carbocycles. The zero-order chi connectivity index (χ0) is 16.8. The molecule has 0 spiro atoms. The Bertz CT molecular complexity index is 849. The van der Waals surface area contributed by atoms with Crippen molar-refractivity contribution in [3.63, 3.8) is 0 Å². The smallest absolute Gasteiger partial charge is 0.269 e. The third-order valence-electron chi connectivity index (χ3n) is 4.89. The Morgan fingerprint density at radius 2 is 1.88 bits per heavy atom. The van der Waals surface area contributed by atoms with E-state index in [1.807, 2.05) is 24.3 Å². The van der Waals surface area contributed by atoms with Crippen LogP contribution in [0.5, 0.6) is 0 Å². The number of allylic oxidation sites excluding steroid dienone is 2. The second kappa shape index (κ2) is 5.80. The molecule has 6 heteroatoms. The molecule has 0 fully saturated rings. The van der Waals surface area contributed by atoms with Gasteiger partial charge in [-0.2, -0.15) is 0 Å². The summed E-state index contributed by atoms with van der Waals surface area (Å²) in [5.41, 5.74) is 3.12. The predicted molar refractivity (Wildman–Crippen MR) is 95.9 cm³/mol. The summed E-state index contributed by atoms with van der Waals surface area (Å²) in [5.74, 6) is 0.632. The minimum atomic E-state index is -0.385. The van der Waals surface area contributed by atoms with Crippen LogP contribution in [-0.4, -0.2) is 4.92 Å². The normalized spacial score (nSPS) is 24.2. The fourth-order valence-corrected chi connectivity index (χ4v) is 4.12. The van der Waals surface area contributed by atoms with Gasteiger partial charge in [0.1, 0.15) is 0 Å². The van der Waals surface area contributed by atoms with Crippen molar-refractivity contribution in [2.24, 2.45) is 5.92 Å². The molecule has 0 amide bonds. The topological polar surface area (TPSA) is 55.2 Å². The predicted octanol–water partition coefficient (Wildman–Crippen LogP) is 5.73. The molecule has 0 aromatic heterocycles. The Hall–Kier alpha value is -2.04. The van der Waals surface area contributed by atoms with E-state index in [1.165, 1.54) is 0 Å². The van der Waals surface area contributed by atoms with Gasteiger partial charge < -0.3 is 5.32 Å². The summed E-state index contributed by atoms with van der Waals surface area (Å²) in [4.78, 5) is 10.5. The number of hydrogen-bond donors (Lipinski definition) is 1. The maximum Gasteiger partial charge on any atom is 0.269 e. The summed E-state index contributed by atoms with van der Waals surface area (Å²) in [6.45, 7) is 0. The lowest BCUT2D eigenvalue weighted by molar-refractivity contribution is -0.384. The first-order valence-electron chi connectivity index (χ1n) is 7.71. The van der Waals surface area contributed by atoms with Crippen molar-refractivity contribution in [2.75, 3.05) is 5.32 Å². The van der Waals surface area contributed by atoms with Crippen LogP contribution in [0.4, 0.5) is 11.4 Å². The van der Waals surface area contributed by atoms with Gasteiger partial charge in [0.2, 0.25) is 0 Å². The van der Waals surface area contributed by atoms with Crippen molar-refractivity contribution < 1.29 is 4.92 Å². The zero-order valence-electron chi connectivity index (χ0n) is 12.6. The number of nitrogens with zero attached hydrogens (tertiary/aromatic N) is 1. The number of rotatable bonds is 2. The first-order chi connectivity index (χ1) is 11.6. The third kappa shape index (κ3) is 2.38. The number of anilines is 1. The highest BCUT2D eigenvalue weighted by molar-refractivity contribution is 6.43. The molecule has 3 atom stereocenters. The maximum absolute atomic E-state index is 10.9. The molecule has 24 heavy (non-hydrogen) atoms. The second-order valence-corrected chi connectivity index (χ2v) is 6.93. The van der Waals surface area contributed by atoms with Gasteiger partial charge in [0.15, 0.2) is 0 Å². The monoisotopic (exact) mass is 360 g/mol. The highest BCUT2D eigenvalue weighted by Crippen LogP contribution is 2.52. The molecule has 2 aromatic carbocycles. The summed E-state index contributed by atoms with van der Waals surface area (Å²) < 4.78 is 0. The van der Waals surface area contributed by atoms with Crippen molar-refractivity contribution in [1.29, 1.82) is 0 Å². The summed E-state index contributed by atoms with van der Waals surface area (Å²) in [5, 5.41) is 15.4. The summed E-state index contributed by atoms with van der Waals surface area (Å²) in [6, 6.07) is 10.6. The molecule has 122 valence electrons. The van der Waals surface area contributed by atoms with Gasteiger partial charge in [-0.25, -0.2) is 0 Å². The van der Waals surface area contributed by atoms with Crippen LogP contribution in [0.1, 0.15) is 29.5 Å². The van der Waals surface area contributed by atoms with Gasteiger partial charge in [-0.15, -0.1) is 0 Å². The lowest BCUT2D eigenvalue weighted by Crippen LogP contribution is -2.29. The number of non-ortho nitro benzene ring substituents is 1. The van der Waals surface area contributed by atoms with Crippen LogP contribution in [0, 0.1) is 16.0 Å². The van der Waals surface area contributed by atoms with E-state index in [0.29, 0.717) is 16.0 Å². The molecule has 4 nitrogen and oxygen atoms in total. The molecule has 1 heterocycles. The van der Waals surface area contributed by atoms with E-state index in [0.717, 1.165) is 23.2 Å². The van der Waals surface area contributed by atoms with Crippen LogP contribution < -0.4 is 5.32 Å². The van der Waals surface area contributed by atoms with E-state index in [-0.39, 0.29) is 22.6 Å². The van der Waals surface area contributed by atoms with Gasteiger partial charge in [0.05, 0.1) is 26.7 Å². The molecular weight excluding hydrogens is 347 g/mol. The number of fused-ring (bicyclic) bond motifs is 3. The molecule has 0 bridgehead atoms. The van der Waals surface area contributed by atoms with E-state index in [4.69, 9.17) is 23.2 Å². The Morgan fingerprint density at radius 1 is 1.12 bits per heavy atom. The Morgan fingerprint density at radius 3 is 2.58 bits per heavy atom. The Balaban J connectivity index is 1.77. The number of hydrogen-bond acceptors (Lipinski definition) is 3. The van der Waals surface area contributed by atoms with Gasteiger partial charge in [-0.1, -0.05) is 53.6 Å². The van der Waals surface area contributed by atoms with Crippen LogP contribution >= 0.6 is 23.2 Å². The molecule has 4 rings (SSSR count). The summed E-state index contributed by atoms with van der Waals surface area (Å²) in [6.07, 6.45) is 5.36. The fraction of sp³-hybridized carbons (Fsp3) is 0.222. The maximum atomic E-state index is 10.9. The zero-order valence-corrected chi connectivity index (χ0v) is 14.1. The van der Waals surface area contributed by atoms with Gasteiger partial charge in [-0.05, 0) is 29.5 Å². The van der Waals surface area contributed by atoms with Gasteiger partial charge in [0, 0.05) is 18.1 Å². The molecule has 0 unspecified atom stereocenters. The Kier molecular flexibility index (Phi) is 3.74. The number of nitrogens with one attached hydrogen (secondary N) is 1. The van der Waals surface area contributed by atoms with Crippen molar-refractivity contribution in [3.8, 4) is 0 Å². The largest absolute Gasteiger partial charge is 0.376 e. The van der Waals surface area contributed by atoms with Crippen LogP contribution in [-0.2, 0) is 0 Å². The van der Waals surface area contributed by atoms with Gasteiger partial charge in [-0.3, -0.25) is 10.1 Å². The van der Waals surface area contributed by atoms with Crippen LogP contribution in [0.15, 0.2) is 48.6 Å². The molecule has 2 aromatic rings. The van der Waals surface area contributed by atoms with E-state index >= 15 is 0 Å². The molecule has 1 N–H and O–H groups in total. The highest BCUT2D eigenvalue weighted by Gasteiger charge is 2.39. The molecule has 1 aliphatic carbocycles. The van der Waals surface area contributed by atoms with Crippen LogP contribution in [0.2, 0.25) is 10.0 Å². The lowest BCUT2D eigenvalue weighted by atomic mass is 9.77. The van der Waals surface area contributed by atoms with Crippen molar-refractivity contribution in [2.45, 2.75) is 18.4 Å². The molecule has 1 aliphatic heterocycles. The fourth-order valence-electron chi connectivity index (χ4n) is 3.74. The van der Waals surface area contributed by atoms with Crippen molar-refractivity contribution in [3.05, 3.63) is 79.8 Å². The first-order valence-corrected chi connectivity index (χ1v) is 8.47. The lowest BCUT2D eigenvalue weighted by Gasteiger charge is -2.38. The minimum Gasteiger partial charge on any atom is -0.376 e. The van der Waals surface area contributed by atoms with E-state index in [2.05, 4.69) is 17.5 Å². The van der Waals surface area contributed by atoms with Crippen molar-refractivity contribution >= 4 is 34.6 Å². The van der Waals surface area contributed by atoms with Crippen LogP contribution in [0.25, 0.3) is 0 Å². The van der Waals surface area contributed by atoms with E-state index in [1.54, 1.807) is 12.1 Å². The number of benzene rings is 2. The van der Waals surface area contributed by atoms with E-state index in [9.17, 15) is 10.1 Å². The van der Waals surface area contributed by atoms with Crippen molar-refractivity contribution in [1.82, 2.24) is 0 Å². The summed E-state index contributed by atoms with van der Waals surface area (Å²) in [7, 11) is 0. The number of nitro benzene ring substituents is 1. The number of halogens is 2. The molecule has 0 saturated heterocycles. The summed E-state index contributed by atoms with van der Waals surface area (Å²) >= 11 is 12.6. The highest BCUT2D eigenvalue weighted by atomic mass is 35.5. The van der Waals surface area contributed by atoms with Gasteiger partial charge >= 0.3 is 0 Å². The average Bonchev–Trinajstić information content (AvgIpc) is 3.07. The average molecular weight is 361 g/mol. The van der Waals surface area contributed by atoms with E-state index < -0.39 is 0 Å². The molecule has 2 aliphatic rings. The quantitative estimate of drug-likeness (QED) is 0.422. The molecular formula is C18H14Cl2N2O2. The Labute approximate surface area is 149 Å². The standard InChI is InChI=1S/C18H14Cl2N2O2/c19-15-9-8-14-12-2-1-3-13(12)17(21-18(14)16(15)20)10-4-6-11(7-5-10)22(23)24/h1-2,4-9,12-13,17,21H,3H2/t12-,13-,17+/m0/s1. The first kappa shape index (κ1) is 15.5. The van der Waals surface area contributed by atoms with Crippen LogP contribution in [0.3, 0.4) is 0 Å². The number of nitro groups is 1. The SMILES string of the molecule is O=[N+]([O-])c1ccc([C@H]2Nc3c(ccc(Cl)c3Cl)[C@H]3C=CC[C@@H]32)cc1. The van der Waals surface area contributed by atoms with Gasteiger partial charge in [0.25, 0.3) is 5.69 Å². The third-order valence-corrected chi connectivity index (χ3v) is 5.69. The minimum absolute atomic E-state index is 0.0364.